The third kappa shape index (κ3) is 3.59. The molecular formula is C23H25N7O2. The molecule has 4 heterocycles. The smallest absolute Gasteiger partial charge is 0.228 e. The van der Waals surface area contributed by atoms with Crippen LogP contribution in [0, 0.1) is 24.7 Å². The maximum atomic E-state index is 12.8. The third-order valence-electron chi connectivity index (χ3n) is 6.32. The van der Waals surface area contributed by atoms with Crippen LogP contribution in [0.25, 0.3) is 22.0 Å². The first-order valence-corrected chi connectivity index (χ1v) is 10.6. The number of nitrogen functional groups attached to an aromatic ring is 1. The molecule has 0 spiro atoms. The predicted octanol–water partition coefficient (Wildman–Crippen LogP) is 2.71. The molecule has 1 fully saturated rings. The van der Waals surface area contributed by atoms with Gasteiger partial charge in [-0.25, -0.2) is 9.97 Å². The molecule has 1 unspecified atom stereocenters. The number of methoxy groups -OCH3 is 1. The van der Waals surface area contributed by atoms with Crippen LogP contribution in [0.15, 0.2) is 35.8 Å². The van der Waals surface area contributed by atoms with Gasteiger partial charge in [0.25, 0.3) is 0 Å². The second-order valence-electron chi connectivity index (χ2n) is 8.46. The average Bonchev–Trinajstić information content (AvgIpc) is 3.47. The summed E-state index contributed by atoms with van der Waals surface area (Å²) in [6.45, 7) is 2.82. The fraction of sp³-hybridized carbons (Fsp3) is 0.348. The normalized spacial score (nSPS) is 21.7. The molecule has 1 aliphatic carbocycles. The van der Waals surface area contributed by atoms with Gasteiger partial charge in [-0.05, 0) is 36.8 Å². The topological polar surface area (TPSA) is 119 Å². The summed E-state index contributed by atoms with van der Waals surface area (Å²) in [6, 6.07) is 3.76. The molecule has 2 aliphatic rings. The molecule has 9 heteroatoms. The Hall–Kier alpha value is -3.75. The number of pyridine rings is 3. The summed E-state index contributed by atoms with van der Waals surface area (Å²) in [5, 5.41) is 10.7. The molecule has 1 amide bonds. The lowest BCUT2D eigenvalue weighted by molar-refractivity contribution is -0.117. The van der Waals surface area contributed by atoms with Gasteiger partial charge in [0.1, 0.15) is 17.4 Å². The molecule has 0 radical (unpaired) electrons. The Bertz CT molecular complexity index is 1240. The van der Waals surface area contributed by atoms with Crippen molar-refractivity contribution in [3.63, 3.8) is 0 Å². The average molecular weight is 432 g/mol. The van der Waals surface area contributed by atoms with Gasteiger partial charge in [-0.1, -0.05) is 0 Å². The van der Waals surface area contributed by atoms with Crippen molar-refractivity contribution in [2.24, 2.45) is 22.9 Å². The SMILES string of the molecule is COc1cncc(-c2cc3cc(NC(=O)[C@H]4C[C@@H]4C4C=NN(C)C4)ncc3c(N)n2)c1C. The van der Waals surface area contributed by atoms with E-state index in [4.69, 9.17) is 10.5 Å². The van der Waals surface area contributed by atoms with Crippen molar-refractivity contribution in [3.8, 4) is 17.0 Å². The Morgan fingerprint density at radius 2 is 2.12 bits per heavy atom. The molecule has 164 valence electrons. The van der Waals surface area contributed by atoms with Gasteiger partial charge in [0.15, 0.2) is 0 Å². The highest BCUT2D eigenvalue weighted by Crippen LogP contribution is 2.45. The highest BCUT2D eigenvalue weighted by Gasteiger charge is 2.48. The first-order chi connectivity index (χ1) is 15.4. The second-order valence-corrected chi connectivity index (χ2v) is 8.46. The maximum absolute atomic E-state index is 12.8. The number of hydrogen-bond acceptors (Lipinski definition) is 8. The summed E-state index contributed by atoms with van der Waals surface area (Å²) in [5.41, 5.74) is 8.67. The predicted molar refractivity (Wildman–Crippen MR) is 123 cm³/mol. The number of amides is 1. The molecule has 0 aromatic carbocycles. The van der Waals surface area contributed by atoms with Gasteiger partial charge in [0, 0.05) is 60.5 Å². The van der Waals surface area contributed by atoms with Crippen LogP contribution < -0.4 is 15.8 Å². The largest absolute Gasteiger partial charge is 0.495 e. The van der Waals surface area contributed by atoms with E-state index in [1.165, 1.54) is 0 Å². The lowest BCUT2D eigenvalue weighted by Gasteiger charge is -2.12. The number of hydrogen-bond donors (Lipinski definition) is 2. The van der Waals surface area contributed by atoms with Crippen molar-refractivity contribution in [1.82, 2.24) is 20.0 Å². The summed E-state index contributed by atoms with van der Waals surface area (Å²) in [4.78, 5) is 25.9. The molecule has 3 atom stereocenters. The fourth-order valence-electron chi connectivity index (χ4n) is 4.40. The number of rotatable bonds is 5. The van der Waals surface area contributed by atoms with Gasteiger partial charge in [-0.2, -0.15) is 5.10 Å². The van der Waals surface area contributed by atoms with E-state index in [1.807, 2.05) is 37.3 Å². The number of carbonyl (C=O) groups is 1. The van der Waals surface area contributed by atoms with Gasteiger partial charge in [0.05, 0.1) is 19.0 Å². The van der Waals surface area contributed by atoms with E-state index in [2.05, 4.69) is 25.4 Å². The minimum absolute atomic E-state index is 0.0000974. The Balaban J connectivity index is 1.39. The van der Waals surface area contributed by atoms with E-state index in [9.17, 15) is 4.79 Å². The van der Waals surface area contributed by atoms with Crippen LogP contribution >= 0.6 is 0 Å². The van der Waals surface area contributed by atoms with Gasteiger partial charge in [-0.15, -0.1) is 0 Å². The standard InChI is InChI=1S/C23H25N7O2/c1-12-17(8-25-10-20(12)32-3)19-4-13-5-21(26-9-18(13)22(24)28-19)29-23(31)16-6-15(16)14-7-27-30(2)11-14/h4-5,7-10,14-16H,6,11H2,1-3H3,(H2,24,28)(H,26,29,31)/t14?,15-,16+/m1/s1. The Labute approximate surface area is 185 Å². The molecule has 1 saturated carbocycles. The molecule has 3 aromatic heterocycles. The number of nitrogens with two attached hydrogens (primary N) is 1. The highest BCUT2D eigenvalue weighted by atomic mass is 16.5. The van der Waals surface area contributed by atoms with Crippen molar-refractivity contribution in [2.75, 3.05) is 31.8 Å². The van der Waals surface area contributed by atoms with Crippen LogP contribution in [0.2, 0.25) is 0 Å². The zero-order valence-corrected chi connectivity index (χ0v) is 18.2. The van der Waals surface area contributed by atoms with Crippen LogP contribution in [-0.4, -0.2) is 52.8 Å². The Morgan fingerprint density at radius 3 is 2.88 bits per heavy atom. The zero-order valence-electron chi connectivity index (χ0n) is 18.2. The van der Waals surface area contributed by atoms with E-state index < -0.39 is 0 Å². The lowest BCUT2D eigenvalue weighted by atomic mass is 10.0. The minimum Gasteiger partial charge on any atom is -0.495 e. The van der Waals surface area contributed by atoms with Crippen molar-refractivity contribution >= 4 is 34.5 Å². The van der Waals surface area contributed by atoms with Crippen molar-refractivity contribution in [3.05, 3.63) is 36.3 Å². The third-order valence-corrected chi connectivity index (χ3v) is 6.32. The van der Waals surface area contributed by atoms with Gasteiger partial charge >= 0.3 is 0 Å². The zero-order chi connectivity index (χ0) is 22.4. The molecule has 1 aliphatic heterocycles. The van der Waals surface area contributed by atoms with Gasteiger partial charge in [-0.3, -0.25) is 14.8 Å². The lowest BCUT2D eigenvalue weighted by Crippen LogP contribution is -2.20. The van der Waals surface area contributed by atoms with Crippen LogP contribution in [-0.2, 0) is 4.79 Å². The number of aromatic nitrogens is 3. The van der Waals surface area contributed by atoms with Crippen molar-refractivity contribution in [1.29, 1.82) is 0 Å². The highest BCUT2D eigenvalue weighted by molar-refractivity contribution is 5.98. The molecular weight excluding hydrogens is 406 g/mol. The van der Waals surface area contributed by atoms with E-state index in [0.29, 0.717) is 34.9 Å². The second kappa shape index (κ2) is 7.74. The molecule has 9 nitrogen and oxygen atoms in total. The molecule has 0 saturated heterocycles. The Morgan fingerprint density at radius 1 is 1.28 bits per heavy atom. The van der Waals surface area contributed by atoms with Crippen molar-refractivity contribution in [2.45, 2.75) is 13.3 Å². The summed E-state index contributed by atoms with van der Waals surface area (Å²) in [6.07, 6.45) is 7.90. The van der Waals surface area contributed by atoms with Crippen LogP contribution in [0.1, 0.15) is 12.0 Å². The van der Waals surface area contributed by atoms with E-state index >= 15 is 0 Å². The molecule has 5 rings (SSSR count). The quantitative estimate of drug-likeness (QED) is 0.637. The van der Waals surface area contributed by atoms with Crippen molar-refractivity contribution < 1.29 is 9.53 Å². The number of hydrazone groups is 1. The number of carbonyl (C=O) groups excluding carboxylic acids is 1. The Kier molecular flexibility index (Phi) is 4.88. The monoisotopic (exact) mass is 431 g/mol. The summed E-state index contributed by atoms with van der Waals surface area (Å²) < 4.78 is 5.38. The first kappa shape index (κ1) is 20.2. The maximum Gasteiger partial charge on any atom is 0.228 e. The summed E-state index contributed by atoms with van der Waals surface area (Å²) >= 11 is 0. The van der Waals surface area contributed by atoms with Gasteiger partial charge in [0.2, 0.25) is 5.91 Å². The fourth-order valence-corrected chi connectivity index (χ4v) is 4.40. The van der Waals surface area contributed by atoms with Crippen LogP contribution in [0.5, 0.6) is 5.75 Å². The van der Waals surface area contributed by atoms with E-state index in [-0.39, 0.29) is 11.8 Å². The summed E-state index contributed by atoms with van der Waals surface area (Å²) in [7, 11) is 3.56. The number of ether oxygens (including phenoxy) is 1. The van der Waals surface area contributed by atoms with Crippen LogP contribution in [0.4, 0.5) is 11.6 Å². The van der Waals surface area contributed by atoms with Crippen LogP contribution in [0.3, 0.4) is 0 Å². The number of fused-ring (bicyclic) bond motifs is 1. The first-order valence-electron chi connectivity index (χ1n) is 10.6. The molecule has 3 aromatic rings. The van der Waals surface area contributed by atoms with E-state index in [1.54, 1.807) is 25.7 Å². The molecule has 32 heavy (non-hydrogen) atoms. The van der Waals surface area contributed by atoms with Gasteiger partial charge < -0.3 is 15.8 Å². The van der Waals surface area contributed by atoms with E-state index in [0.717, 1.165) is 34.9 Å². The minimum atomic E-state index is -0.000903. The number of nitrogens with zero attached hydrogens (tertiary/aromatic N) is 5. The summed E-state index contributed by atoms with van der Waals surface area (Å²) in [5.74, 6) is 2.24. The number of anilines is 2. The molecule has 0 bridgehead atoms. The molecule has 3 N–H and O–H groups in total. The number of nitrogens with one attached hydrogen (secondary N) is 1.